The van der Waals surface area contributed by atoms with Gasteiger partial charge >= 0.3 is 0 Å². The summed E-state index contributed by atoms with van der Waals surface area (Å²) in [6.07, 6.45) is 1.55. The number of aromatic nitrogens is 2. The zero-order chi connectivity index (χ0) is 21.0. The van der Waals surface area contributed by atoms with Crippen molar-refractivity contribution in [1.29, 1.82) is 0 Å². The Labute approximate surface area is 167 Å². The van der Waals surface area contributed by atoms with Crippen molar-refractivity contribution in [3.63, 3.8) is 0 Å². The molecule has 150 valence electrons. The van der Waals surface area contributed by atoms with Crippen LogP contribution in [0.25, 0.3) is 16.9 Å². The van der Waals surface area contributed by atoms with Gasteiger partial charge in [-0.25, -0.2) is 9.07 Å². The molecule has 2 amide bonds. The molecule has 0 spiro atoms. The van der Waals surface area contributed by atoms with E-state index in [4.69, 9.17) is 4.74 Å². The number of benzene rings is 2. The van der Waals surface area contributed by atoms with E-state index in [1.54, 1.807) is 57.7 Å². The Bertz CT molecular complexity index is 1030. The lowest BCUT2D eigenvalue weighted by molar-refractivity contribution is -0.127. The zero-order valence-electron chi connectivity index (χ0n) is 16.3. The van der Waals surface area contributed by atoms with Gasteiger partial charge in [0.1, 0.15) is 17.3 Å². The Morgan fingerprint density at radius 3 is 2.55 bits per heavy atom. The van der Waals surface area contributed by atoms with Gasteiger partial charge in [-0.1, -0.05) is 12.1 Å². The van der Waals surface area contributed by atoms with E-state index in [9.17, 15) is 14.0 Å². The number of halogens is 1. The van der Waals surface area contributed by atoms with E-state index >= 15 is 0 Å². The second-order valence-corrected chi connectivity index (χ2v) is 6.52. The van der Waals surface area contributed by atoms with Crippen molar-refractivity contribution in [2.45, 2.75) is 0 Å². The zero-order valence-corrected chi connectivity index (χ0v) is 16.3. The summed E-state index contributed by atoms with van der Waals surface area (Å²) in [5, 5.41) is 7.14. The molecule has 8 heteroatoms. The molecular weight excluding hydrogens is 375 g/mol. The summed E-state index contributed by atoms with van der Waals surface area (Å²) in [5.74, 6) is -0.416. The number of carbonyl (C=O) groups is 2. The van der Waals surface area contributed by atoms with E-state index in [-0.39, 0.29) is 23.8 Å². The van der Waals surface area contributed by atoms with Crippen molar-refractivity contribution in [2.24, 2.45) is 0 Å². The summed E-state index contributed by atoms with van der Waals surface area (Å²) in [5.41, 5.74) is 1.98. The van der Waals surface area contributed by atoms with Crippen LogP contribution >= 0.6 is 0 Å². The summed E-state index contributed by atoms with van der Waals surface area (Å²) in [4.78, 5) is 26.0. The van der Waals surface area contributed by atoms with Gasteiger partial charge in [0.25, 0.3) is 5.91 Å². The second-order valence-electron chi connectivity index (χ2n) is 6.52. The van der Waals surface area contributed by atoms with Crippen molar-refractivity contribution >= 4 is 11.8 Å². The summed E-state index contributed by atoms with van der Waals surface area (Å²) in [6.45, 7) is -0.134. The number of rotatable bonds is 6. The number of amides is 2. The van der Waals surface area contributed by atoms with Crippen molar-refractivity contribution in [2.75, 3.05) is 27.7 Å². The first-order valence-corrected chi connectivity index (χ1v) is 8.87. The summed E-state index contributed by atoms with van der Waals surface area (Å²) < 4.78 is 20.0. The fourth-order valence-corrected chi connectivity index (χ4v) is 2.66. The van der Waals surface area contributed by atoms with E-state index in [1.165, 1.54) is 21.7 Å². The Morgan fingerprint density at radius 2 is 1.90 bits per heavy atom. The number of hydrogen-bond donors (Lipinski definition) is 1. The monoisotopic (exact) mass is 396 g/mol. The quantitative estimate of drug-likeness (QED) is 0.695. The molecular formula is C21H21FN4O3. The maximum absolute atomic E-state index is 13.3. The lowest BCUT2D eigenvalue weighted by Crippen LogP contribution is -2.36. The fraction of sp³-hybridized carbons (Fsp3) is 0.190. The summed E-state index contributed by atoms with van der Waals surface area (Å²) >= 11 is 0. The Kier molecular flexibility index (Phi) is 5.92. The topological polar surface area (TPSA) is 76.5 Å². The Balaban J connectivity index is 2.01. The first-order valence-electron chi connectivity index (χ1n) is 8.87. The van der Waals surface area contributed by atoms with Gasteiger partial charge in [-0.3, -0.25) is 9.59 Å². The normalized spacial score (nSPS) is 10.5. The number of methoxy groups -OCH3 is 1. The van der Waals surface area contributed by atoms with Gasteiger partial charge < -0.3 is 15.0 Å². The molecule has 0 unspecified atom stereocenters. The molecule has 29 heavy (non-hydrogen) atoms. The van der Waals surface area contributed by atoms with Crippen LogP contribution in [0.4, 0.5) is 4.39 Å². The van der Waals surface area contributed by atoms with Crippen molar-refractivity contribution in [3.05, 3.63) is 66.1 Å². The number of hydrogen-bond acceptors (Lipinski definition) is 4. The van der Waals surface area contributed by atoms with Crippen LogP contribution in [-0.4, -0.2) is 54.2 Å². The van der Waals surface area contributed by atoms with Gasteiger partial charge in [-0.15, -0.1) is 0 Å². The van der Waals surface area contributed by atoms with Gasteiger partial charge in [-0.2, -0.15) is 5.10 Å². The van der Waals surface area contributed by atoms with Gasteiger partial charge in [-0.05, 0) is 36.4 Å². The van der Waals surface area contributed by atoms with Gasteiger partial charge in [0.15, 0.2) is 0 Å². The van der Waals surface area contributed by atoms with E-state index in [1.807, 2.05) is 6.07 Å². The summed E-state index contributed by atoms with van der Waals surface area (Å²) in [6, 6.07) is 12.9. The third-order valence-electron chi connectivity index (χ3n) is 4.29. The van der Waals surface area contributed by atoms with Gasteiger partial charge in [0.2, 0.25) is 5.91 Å². The Hall–Kier alpha value is -3.68. The highest BCUT2D eigenvalue weighted by Crippen LogP contribution is 2.27. The van der Waals surface area contributed by atoms with Gasteiger partial charge in [0, 0.05) is 25.9 Å². The van der Waals surface area contributed by atoms with E-state index in [0.29, 0.717) is 22.7 Å². The minimum atomic E-state index is -0.439. The molecule has 0 saturated heterocycles. The highest BCUT2D eigenvalue weighted by atomic mass is 19.1. The number of nitrogens with zero attached hydrogens (tertiary/aromatic N) is 3. The third-order valence-corrected chi connectivity index (χ3v) is 4.29. The van der Waals surface area contributed by atoms with Crippen molar-refractivity contribution in [3.8, 4) is 22.7 Å². The molecule has 0 aliphatic carbocycles. The van der Waals surface area contributed by atoms with E-state index < -0.39 is 5.91 Å². The van der Waals surface area contributed by atoms with Crippen LogP contribution in [0, 0.1) is 5.82 Å². The average Bonchev–Trinajstić information content (AvgIpc) is 3.17. The minimum absolute atomic E-state index is 0.134. The molecule has 1 aromatic heterocycles. The maximum Gasteiger partial charge on any atom is 0.255 e. The second kappa shape index (κ2) is 8.55. The standard InChI is InChI=1S/C21H21FN4O3/c1-25(2)19(27)12-23-21(28)18-13-26(16-9-7-15(22)8-10-16)24-20(18)14-5-4-6-17(11-14)29-3/h4-11,13H,12H2,1-3H3,(H,23,28). The number of carbonyl (C=O) groups excluding carboxylic acids is 2. The van der Waals surface area contributed by atoms with E-state index in [0.717, 1.165) is 0 Å². The molecule has 3 rings (SSSR count). The first kappa shape index (κ1) is 20.1. The smallest absolute Gasteiger partial charge is 0.255 e. The van der Waals surface area contributed by atoms with Crippen LogP contribution in [-0.2, 0) is 4.79 Å². The molecule has 0 fully saturated rings. The fourth-order valence-electron chi connectivity index (χ4n) is 2.66. The van der Waals surface area contributed by atoms with Crippen LogP contribution in [0.15, 0.2) is 54.7 Å². The number of nitrogens with one attached hydrogen (secondary N) is 1. The SMILES string of the molecule is COc1cccc(-c2nn(-c3ccc(F)cc3)cc2C(=O)NCC(=O)N(C)C)c1. The van der Waals surface area contributed by atoms with Crippen LogP contribution < -0.4 is 10.1 Å². The molecule has 0 radical (unpaired) electrons. The predicted octanol–water partition coefficient (Wildman–Crippen LogP) is 2.50. The molecule has 1 heterocycles. The van der Waals surface area contributed by atoms with Crippen LogP contribution in [0.1, 0.15) is 10.4 Å². The molecule has 2 aromatic carbocycles. The molecule has 0 aliphatic heterocycles. The van der Waals surface area contributed by atoms with Crippen LogP contribution in [0.2, 0.25) is 0 Å². The number of likely N-dealkylation sites (N-methyl/N-ethyl adjacent to an activating group) is 1. The highest BCUT2D eigenvalue weighted by Gasteiger charge is 2.20. The molecule has 1 N–H and O–H groups in total. The van der Waals surface area contributed by atoms with Crippen molar-refractivity contribution in [1.82, 2.24) is 20.0 Å². The average molecular weight is 396 g/mol. The molecule has 7 nitrogen and oxygen atoms in total. The summed E-state index contributed by atoms with van der Waals surface area (Å²) in [7, 11) is 4.78. The molecule has 0 aliphatic rings. The van der Waals surface area contributed by atoms with Gasteiger partial charge in [0.05, 0.1) is 24.9 Å². The molecule has 0 bridgehead atoms. The van der Waals surface area contributed by atoms with E-state index in [2.05, 4.69) is 10.4 Å². The van der Waals surface area contributed by atoms with Crippen molar-refractivity contribution < 1.29 is 18.7 Å². The lowest BCUT2D eigenvalue weighted by atomic mass is 10.1. The van der Waals surface area contributed by atoms with Crippen LogP contribution in [0.3, 0.4) is 0 Å². The minimum Gasteiger partial charge on any atom is -0.497 e. The maximum atomic E-state index is 13.3. The lowest BCUT2D eigenvalue weighted by Gasteiger charge is -2.11. The molecule has 3 aromatic rings. The Morgan fingerprint density at radius 1 is 1.17 bits per heavy atom. The highest BCUT2D eigenvalue weighted by molar-refractivity contribution is 6.01. The third kappa shape index (κ3) is 4.60. The predicted molar refractivity (Wildman–Crippen MR) is 107 cm³/mol. The first-order chi connectivity index (χ1) is 13.9. The molecule has 0 atom stereocenters. The van der Waals surface area contributed by atoms with Crippen LogP contribution in [0.5, 0.6) is 5.75 Å². The number of ether oxygens (including phenoxy) is 1. The molecule has 0 saturated carbocycles. The largest absolute Gasteiger partial charge is 0.497 e.